The molecule has 0 saturated heterocycles. The molecule has 0 fully saturated rings. The van der Waals surface area contributed by atoms with Gasteiger partial charge < -0.3 is 9.47 Å². The first kappa shape index (κ1) is 25.7. The molecule has 0 aliphatic carbocycles. The molecule has 0 aliphatic rings. The summed E-state index contributed by atoms with van der Waals surface area (Å²) < 4.78 is 70.2. The van der Waals surface area contributed by atoms with E-state index in [1.54, 1.807) is 84.9 Å². The maximum Gasteiger partial charge on any atom is 0.508 e. The highest BCUT2D eigenvalue weighted by atomic mass is 32.3. The number of alkyl halides is 2. The summed E-state index contributed by atoms with van der Waals surface area (Å²) in [5.41, 5.74) is 0.897. The van der Waals surface area contributed by atoms with Crippen LogP contribution in [-0.4, -0.2) is 33.0 Å². The van der Waals surface area contributed by atoms with Crippen LogP contribution in [0.25, 0.3) is 0 Å². The molecule has 0 aliphatic heterocycles. The molecular formula is C24H24F2O6S2. The van der Waals surface area contributed by atoms with Gasteiger partial charge in [-0.3, -0.25) is 0 Å². The second kappa shape index (κ2) is 10.5. The summed E-state index contributed by atoms with van der Waals surface area (Å²) in [6, 6.07) is 23.5. The Bertz CT molecular complexity index is 1160. The van der Waals surface area contributed by atoms with Crippen LogP contribution in [0.4, 0.5) is 13.6 Å². The molecule has 0 unspecified atom stereocenters. The number of carbonyl (C=O) groups is 1. The van der Waals surface area contributed by atoms with Crippen LogP contribution in [-0.2, 0) is 23.2 Å². The summed E-state index contributed by atoms with van der Waals surface area (Å²) in [6.45, 7) is 1.44. The Morgan fingerprint density at radius 2 is 1.26 bits per heavy atom. The zero-order valence-corrected chi connectivity index (χ0v) is 20.2. The van der Waals surface area contributed by atoms with E-state index >= 15 is 0 Å². The second-order valence-electron chi connectivity index (χ2n) is 7.13. The fourth-order valence-corrected chi connectivity index (χ4v) is 8.07. The maximum absolute atomic E-state index is 14.9. The molecule has 0 spiro atoms. The third-order valence-corrected chi connectivity index (χ3v) is 9.87. The normalized spacial score (nSPS) is 12.7. The first-order valence-corrected chi connectivity index (χ1v) is 13.2. The van der Waals surface area contributed by atoms with Crippen LogP contribution in [0, 0.1) is 6.92 Å². The standard InChI is InChI=1S/C24H24F2O6S2/c1-3-30-23(27)31-18-24(25,26)34(28,29)32-33(20-10-6-4-7-11-20,21-12-8-5-9-13-21)22-16-14-19(2)15-17-22/h4-17H,3,18H2,1-2H3. The lowest BCUT2D eigenvalue weighted by atomic mass is 10.2. The van der Waals surface area contributed by atoms with Crippen molar-refractivity contribution in [2.24, 2.45) is 0 Å². The lowest BCUT2D eigenvalue weighted by Crippen LogP contribution is -2.37. The number of rotatable bonds is 9. The monoisotopic (exact) mass is 510 g/mol. The minimum Gasteiger partial charge on any atom is -0.435 e. The van der Waals surface area contributed by atoms with Gasteiger partial charge in [-0.2, -0.15) is 17.2 Å². The second-order valence-corrected chi connectivity index (χ2v) is 11.7. The zero-order chi connectivity index (χ0) is 24.8. The fourth-order valence-electron chi connectivity index (χ4n) is 3.04. The first-order valence-electron chi connectivity index (χ1n) is 10.3. The number of benzene rings is 3. The number of carbonyl (C=O) groups excluding carboxylic acids is 1. The van der Waals surface area contributed by atoms with Crippen LogP contribution < -0.4 is 0 Å². The Kier molecular flexibility index (Phi) is 7.96. The SMILES string of the molecule is CCOC(=O)OCC(F)(F)S(=O)(=O)OS(c1ccccc1)(c1ccccc1)c1ccc(C)cc1. The summed E-state index contributed by atoms with van der Waals surface area (Å²) in [5, 5.41) is -4.54. The molecular weight excluding hydrogens is 486 g/mol. The van der Waals surface area contributed by atoms with Gasteiger partial charge in [0.1, 0.15) is 0 Å². The van der Waals surface area contributed by atoms with Gasteiger partial charge >= 0.3 is 21.5 Å². The Hall–Kier alpha value is -2.95. The molecule has 182 valence electrons. The molecule has 34 heavy (non-hydrogen) atoms. The van der Waals surface area contributed by atoms with Gasteiger partial charge in [0.05, 0.1) is 6.61 Å². The summed E-state index contributed by atoms with van der Waals surface area (Å²) in [7, 11) is -8.79. The van der Waals surface area contributed by atoms with Crippen molar-refractivity contribution in [1.82, 2.24) is 0 Å². The molecule has 0 radical (unpaired) electrons. The van der Waals surface area contributed by atoms with E-state index < -0.39 is 38.4 Å². The highest BCUT2D eigenvalue weighted by Crippen LogP contribution is 2.70. The summed E-state index contributed by atoms with van der Waals surface area (Å²) in [5.74, 6) is 0. The van der Waals surface area contributed by atoms with Crippen molar-refractivity contribution in [3.05, 3.63) is 90.5 Å². The van der Waals surface area contributed by atoms with E-state index in [2.05, 4.69) is 9.47 Å². The van der Waals surface area contributed by atoms with Gasteiger partial charge in [0.25, 0.3) is 0 Å². The Morgan fingerprint density at radius 1 is 0.794 bits per heavy atom. The van der Waals surface area contributed by atoms with E-state index in [0.717, 1.165) is 5.56 Å². The number of aryl methyl sites for hydroxylation is 1. The lowest BCUT2D eigenvalue weighted by Gasteiger charge is -2.40. The Balaban J connectivity index is 2.17. The number of halogens is 2. The maximum atomic E-state index is 14.9. The molecule has 3 aromatic rings. The van der Waals surface area contributed by atoms with Crippen molar-refractivity contribution in [2.45, 2.75) is 33.8 Å². The molecule has 0 N–H and O–H groups in total. The molecule has 3 aromatic carbocycles. The van der Waals surface area contributed by atoms with E-state index in [-0.39, 0.29) is 6.61 Å². The molecule has 0 saturated carbocycles. The highest BCUT2D eigenvalue weighted by molar-refractivity contribution is 8.33. The van der Waals surface area contributed by atoms with Crippen molar-refractivity contribution < 1.29 is 35.1 Å². The third-order valence-electron chi connectivity index (χ3n) is 4.68. The molecule has 0 aromatic heterocycles. The van der Waals surface area contributed by atoms with Gasteiger partial charge in [0.2, 0.25) is 0 Å². The third kappa shape index (κ3) is 5.40. The number of hydrogen-bond acceptors (Lipinski definition) is 6. The largest absolute Gasteiger partial charge is 0.508 e. The highest BCUT2D eigenvalue weighted by Gasteiger charge is 2.52. The fraction of sp³-hybridized carbons (Fsp3) is 0.208. The Morgan fingerprint density at radius 3 is 1.74 bits per heavy atom. The molecule has 0 amide bonds. The van der Waals surface area contributed by atoms with Gasteiger partial charge in [0.15, 0.2) is 6.61 Å². The quantitative estimate of drug-likeness (QED) is 0.314. The average Bonchev–Trinajstić information content (AvgIpc) is 2.83. The average molecular weight is 511 g/mol. The van der Waals surface area contributed by atoms with Crippen LogP contribution in [0.5, 0.6) is 0 Å². The van der Waals surface area contributed by atoms with Gasteiger partial charge in [-0.15, -0.1) is 0 Å². The van der Waals surface area contributed by atoms with Crippen molar-refractivity contribution in [3.8, 4) is 0 Å². The summed E-state index contributed by atoms with van der Waals surface area (Å²) in [6.07, 6.45) is -1.40. The van der Waals surface area contributed by atoms with E-state index in [9.17, 15) is 22.0 Å². The van der Waals surface area contributed by atoms with E-state index in [0.29, 0.717) is 14.7 Å². The minimum absolute atomic E-state index is 0.115. The molecule has 0 atom stereocenters. The molecule has 6 nitrogen and oxygen atoms in total. The van der Waals surface area contributed by atoms with Gasteiger partial charge in [0, 0.05) is 14.7 Å². The number of ether oxygens (including phenoxy) is 2. The molecule has 3 rings (SSSR count). The minimum atomic E-state index is -5.61. The first-order chi connectivity index (χ1) is 16.1. The van der Waals surface area contributed by atoms with E-state index in [1.165, 1.54) is 6.92 Å². The predicted octanol–water partition coefficient (Wildman–Crippen LogP) is 6.30. The van der Waals surface area contributed by atoms with Crippen molar-refractivity contribution in [1.29, 1.82) is 0 Å². The molecule has 0 bridgehead atoms. The van der Waals surface area contributed by atoms with Crippen molar-refractivity contribution in [2.75, 3.05) is 13.2 Å². The van der Waals surface area contributed by atoms with Gasteiger partial charge in [-0.1, -0.05) is 54.1 Å². The van der Waals surface area contributed by atoms with Crippen LogP contribution in [0.1, 0.15) is 12.5 Å². The van der Waals surface area contributed by atoms with Gasteiger partial charge in [-0.25, -0.2) is 8.42 Å². The molecule has 10 heteroatoms. The lowest BCUT2D eigenvalue weighted by molar-refractivity contribution is -0.0174. The van der Waals surface area contributed by atoms with Gasteiger partial charge in [-0.05, 0) is 60.6 Å². The van der Waals surface area contributed by atoms with Crippen molar-refractivity contribution >= 4 is 26.6 Å². The van der Waals surface area contributed by atoms with Crippen LogP contribution in [0.3, 0.4) is 0 Å². The van der Waals surface area contributed by atoms with E-state index in [1.807, 2.05) is 6.92 Å². The Labute approximate surface area is 199 Å². The summed E-state index contributed by atoms with van der Waals surface area (Å²) >= 11 is 0. The number of hydrogen-bond donors (Lipinski definition) is 0. The predicted molar refractivity (Wildman–Crippen MR) is 124 cm³/mol. The van der Waals surface area contributed by atoms with Crippen LogP contribution >= 0.6 is 10.3 Å². The molecule has 0 heterocycles. The zero-order valence-electron chi connectivity index (χ0n) is 18.5. The summed E-state index contributed by atoms with van der Waals surface area (Å²) in [4.78, 5) is 12.6. The topological polar surface area (TPSA) is 78.9 Å². The van der Waals surface area contributed by atoms with Crippen molar-refractivity contribution in [3.63, 3.8) is 0 Å². The van der Waals surface area contributed by atoms with Crippen LogP contribution in [0.15, 0.2) is 99.6 Å². The van der Waals surface area contributed by atoms with E-state index in [4.69, 9.17) is 3.63 Å². The van der Waals surface area contributed by atoms with Crippen LogP contribution in [0.2, 0.25) is 0 Å². The smallest absolute Gasteiger partial charge is 0.435 e.